The third kappa shape index (κ3) is 3.63. The van der Waals surface area contributed by atoms with Crippen molar-refractivity contribution < 1.29 is 9.72 Å². The van der Waals surface area contributed by atoms with Crippen LogP contribution in [-0.4, -0.2) is 33.7 Å². The lowest BCUT2D eigenvalue weighted by Gasteiger charge is -2.17. The smallest absolute Gasteiger partial charge is 0.293 e. The van der Waals surface area contributed by atoms with Gasteiger partial charge in [-0.2, -0.15) is 5.10 Å². The molecule has 0 unspecified atom stereocenters. The third-order valence-electron chi connectivity index (χ3n) is 5.41. The molecule has 8 nitrogen and oxygen atoms in total. The van der Waals surface area contributed by atoms with Gasteiger partial charge in [0.05, 0.1) is 27.7 Å². The van der Waals surface area contributed by atoms with Crippen LogP contribution in [0.25, 0.3) is 5.69 Å². The van der Waals surface area contributed by atoms with Crippen molar-refractivity contribution in [3.63, 3.8) is 0 Å². The van der Waals surface area contributed by atoms with E-state index in [1.165, 1.54) is 6.07 Å². The van der Waals surface area contributed by atoms with Crippen molar-refractivity contribution in [1.29, 1.82) is 0 Å². The largest absolute Gasteiger partial charge is 0.366 e. The number of para-hydroxylation sites is 1. The van der Waals surface area contributed by atoms with Gasteiger partial charge >= 0.3 is 0 Å². The minimum absolute atomic E-state index is 0.0435. The highest BCUT2D eigenvalue weighted by molar-refractivity contribution is 6.05. The lowest BCUT2D eigenvalue weighted by atomic mass is 10.1. The van der Waals surface area contributed by atoms with E-state index >= 15 is 0 Å². The number of nitrogens with zero attached hydrogens (tertiary/aromatic N) is 4. The molecule has 0 aliphatic carbocycles. The number of aromatic nitrogens is 2. The minimum Gasteiger partial charge on any atom is -0.366 e. The standard InChI is InChI=1S/C22H23N5O3/c1-15-21(16(2)26(24-15)18-8-4-3-5-9-18)23-22(28)17-10-11-19(20(14-17)27(29)30)25-12-6-7-13-25/h3-5,8-11,14H,6-7,12-13H2,1-2H3,(H,23,28). The van der Waals surface area contributed by atoms with Gasteiger partial charge in [-0.25, -0.2) is 4.68 Å². The van der Waals surface area contributed by atoms with Crippen molar-refractivity contribution >= 4 is 23.0 Å². The summed E-state index contributed by atoms with van der Waals surface area (Å²) in [5.74, 6) is -0.398. The predicted molar refractivity (Wildman–Crippen MR) is 116 cm³/mol. The Morgan fingerprint density at radius 2 is 1.80 bits per heavy atom. The lowest BCUT2D eigenvalue weighted by molar-refractivity contribution is -0.384. The van der Waals surface area contributed by atoms with Crippen LogP contribution in [0.15, 0.2) is 48.5 Å². The second kappa shape index (κ2) is 7.98. The van der Waals surface area contributed by atoms with E-state index < -0.39 is 10.8 Å². The highest BCUT2D eigenvalue weighted by Gasteiger charge is 2.24. The van der Waals surface area contributed by atoms with Crippen molar-refractivity contribution in [2.75, 3.05) is 23.3 Å². The van der Waals surface area contributed by atoms with Crippen LogP contribution in [0.3, 0.4) is 0 Å². The Morgan fingerprint density at radius 1 is 1.10 bits per heavy atom. The number of aryl methyl sites for hydroxylation is 1. The number of carbonyl (C=O) groups is 1. The summed E-state index contributed by atoms with van der Waals surface area (Å²) in [6.07, 6.45) is 2.03. The van der Waals surface area contributed by atoms with Crippen LogP contribution >= 0.6 is 0 Å². The molecule has 1 aliphatic heterocycles. The molecular weight excluding hydrogens is 382 g/mol. The number of nitro benzene ring substituents is 1. The summed E-state index contributed by atoms with van der Waals surface area (Å²) in [5, 5.41) is 19.0. The molecule has 3 aromatic rings. The molecule has 0 spiro atoms. The van der Waals surface area contributed by atoms with Crippen molar-refractivity contribution in [2.24, 2.45) is 0 Å². The molecular formula is C22H23N5O3. The summed E-state index contributed by atoms with van der Waals surface area (Å²) >= 11 is 0. The Morgan fingerprint density at radius 3 is 2.47 bits per heavy atom. The molecule has 4 rings (SSSR count). The molecule has 0 bridgehead atoms. The van der Waals surface area contributed by atoms with Crippen LogP contribution in [0.2, 0.25) is 0 Å². The van der Waals surface area contributed by atoms with Crippen LogP contribution in [-0.2, 0) is 0 Å². The first-order valence-electron chi connectivity index (χ1n) is 9.92. The van der Waals surface area contributed by atoms with Gasteiger partial charge in [0.1, 0.15) is 5.69 Å². The van der Waals surface area contributed by atoms with E-state index in [2.05, 4.69) is 10.4 Å². The Kier molecular flexibility index (Phi) is 5.22. The van der Waals surface area contributed by atoms with Crippen molar-refractivity contribution in [3.05, 3.63) is 75.6 Å². The number of carbonyl (C=O) groups excluding carboxylic acids is 1. The Labute approximate surface area is 174 Å². The fourth-order valence-electron chi connectivity index (χ4n) is 3.87. The zero-order chi connectivity index (χ0) is 21.3. The van der Waals surface area contributed by atoms with Gasteiger partial charge in [-0.15, -0.1) is 0 Å². The second-order valence-corrected chi connectivity index (χ2v) is 7.40. The number of benzene rings is 2. The molecule has 1 aromatic heterocycles. The average Bonchev–Trinajstić information content (AvgIpc) is 3.38. The number of amides is 1. The number of anilines is 2. The maximum Gasteiger partial charge on any atom is 0.293 e. The highest BCUT2D eigenvalue weighted by Crippen LogP contribution is 2.32. The van der Waals surface area contributed by atoms with E-state index in [9.17, 15) is 14.9 Å². The minimum atomic E-state index is -0.422. The van der Waals surface area contributed by atoms with Gasteiger partial charge in [-0.05, 0) is 51.0 Å². The fraction of sp³-hybridized carbons (Fsp3) is 0.273. The van der Waals surface area contributed by atoms with Crippen LogP contribution in [0.1, 0.15) is 34.6 Å². The van der Waals surface area contributed by atoms with Crippen LogP contribution in [0, 0.1) is 24.0 Å². The number of rotatable bonds is 5. The van der Waals surface area contributed by atoms with Gasteiger partial charge in [-0.1, -0.05) is 18.2 Å². The van der Waals surface area contributed by atoms with Gasteiger partial charge in [0.25, 0.3) is 11.6 Å². The summed E-state index contributed by atoms with van der Waals surface area (Å²) in [6.45, 7) is 5.29. The monoisotopic (exact) mass is 405 g/mol. The third-order valence-corrected chi connectivity index (χ3v) is 5.41. The SMILES string of the molecule is Cc1nn(-c2ccccc2)c(C)c1NC(=O)c1ccc(N2CCCC2)c([N+](=O)[O-])c1. The fourth-order valence-corrected chi connectivity index (χ4v) is 3.87. The molecule has 1 amide bonds. The first kappa shape index (κ1) is 19.6. The Bertz CT molecular complexity index is 1100. The molecule has 1 aliphatic rings. The summed E-state index contributed by atoms with van der Waals surface area (Å²) in [6, 6.07) is 14.3. The number of hydrogen-bond donors (Lipinski definition) is 1. The van der Waals surface area contributed by atoms with E-state index in [4.69, 9.17) is 0 Å². The van der Waals surface area contributed by atoms with Gasteiger partial charge in [-0.3, -0.25) is 14.9 Å². The molecule has 1 N–H and O–H groups in total. The van der Waals surface area contributed by atoms with E-state index in [1.54, 1.807) is 16.8 Å². The van der Waals surface area contributed by atoms with Crippen molar-refractivity contribution in [1.82, 2.24) is 9.78 Å². The second-order valence-electron chi connectivity index (χ2n) is 7.40. The van der Waals surface area contributed by atoms with E-state index in [-0.39, 0.29) is 11.3 Å². The van der Waals surface area contributed by atoms with Crippen LogP contribution in [0.4, 0.5) is 17.1 Å². The van der Waals surface area contributed by atoms with Gasteiger partial charge in [0, 0.05) is 24.7 Å². The Hall–Kier alpha value is -3.68. The topological polar surface area (TPSA) is 93.3 Å². The maximum absolute atomic E-state index is 12.9. The maximum atomic E-state index is 12.9. The summed E-state index contributed by atoms with van der Waals surface area (Å²) in [7, 11) is 0. The van der Waals surface area contributed by atoms with Gasteiger partial charge in [0.15, 0.2) is 0 Å². The first-order chi connectivity index (χ1) is 14.5. The number of nitro groups is 1. The molecule has 8 heteroatoms. The van der Waals surface area contributed by atoms with E-state index in [1.807, 2.05) is 49.1 Å². The van der Waals surface area contributed by atoms with E-state index in [0.717, 1.165) is 37.3 Å². The Balaban J connectivity index is 1.62. The van der Waals surface area contributed by atoms with Gasteiger partial charge < -0.3 is 10.2 Å². The van der Waals surface area contributed by atoms with Crippen LogP contribution < -0.4 is 10.2 Å². The molecule has 1 fully saturated rings. The normalized spacial score (nSPS) is 13.5. The summed E-state index contributed by atoms with van der Waals surface area (Å²) in [4.78, 5) is 26.1. The average molecular weight is 405 g/mol. The molecule has 30 heavy (non-hydrogen) atoms. The quantitative estimate of drug-likeness (QED) is 0.506. The predicted octanol–water partition coefficient (Wildman–Crippen LogP) is 4.25. The summed E-state index contributed by atoms with van der Waals surface area (Å²) < 4.78 is 1.77. The van der Waals surface area contributed by atoms with Crippen molar-refractivity contribution in [3.8, 4) is 5.69 Å². The van der Waals surface area contributed by atoms with Crippen molar-refractivity contribution in [2.45, 2.75) is 26.7 Å². The molecule has 1 saturated heterocycles. The molecule has 0 radical (unpaired) electrons. The number of nitrogens with one attached hydrogen (secondary N) is 1. The zero-order valence-electron chi connectivity index (χ0n) is 17.0. The van der Waals surface area contributed by atoms with Gasteiger partial charge in [0.2, 0.25) is 0 Å². The van der Waals surface area contributed by atoms with Crippen LogP contribution in [0.5, 0.6) is 0 Å². The molecule has 0 atom stereocenters. The number of hydrogen-bond acceptors (Lipinski definition) is 5. The molecule has 2 heterocycles. The summed E-state index contributed by atoms with van der Waals surface area (Å²) in [5.41, 5.74) is 3.73. The highest BCUT2D eigenvalue weighted by atomic mass is 16.6. The molecule has 0 saturated carbocycles. The molecule has 2 aromatic carbocycles. The molecule has 154 valence electrons. The lowest BCUT2D eigenvalue weighted by Crippen LogP contribution is -2.20. The van der Waals surface area contributed by atoms with E-state index in [0.29, 0.717) is 17.1 Å². The first-order valence-corrected chi connectivity index (χ1v) is 9.92. The zero-order valence-corrected chi connectivity index (χ0v) is 17.0.